The van der Waals surface area contributed by atoms with Crippen LogP contribution in [-0.4, -0.2) is 244 Å². The molecule has 4 unspecified atom stereocenters. The largest absolute Gasteiger partial charge is 0.480 e. The first-order valence-electron chi connectivity index (χ1n) is 52.5. The van der Waals surface area contributed by atoms with Crippen molar-refractivity contribution in [1.82, 2.24) is 45.9 Å². The van der Waals surface area contributed by atoms with Gasteiger partial charge in [-0.25, -0.2) is 33.6 Å². The van der Waals surface area contributed by atoms with Crippen molar-refractivity contribution >= 4 is 165 Å². The molecule has 2 aromatic carbocycles. The number of fused-ring (bicyclic) bond motifs is 2. The number of Topliss-reactive ketones (excluding diaryl/α,β-unsaturated/α-hetero) is 4. The number of nitrogens with two attached hydrogens (primary N) is 1. The van der Waals surface area contributed by atoms with Gasteiger partial charge in [-0.2, -0.15) is 0 Å². The van der Waals surface area contributed by atoms with Gasteiger partial charge in [-0.15, -0.1) is 24.8 Å². The Morgan fingerprint density at radius 1 is 0.411 bits per heavy atom. The lowest BCUT2D eigenvalue weighted by Crippen LogP contribution is -2.52. The minimum Gasteiger partial charge on any atom is -0.480 e. The zero-order chi connectivity index (χ0) is 105. The van der Waals surface area contributed by atoms with Gasteiger partial charge in [0.2, 0.25) is 17.7 Å². The predicted octanol–water partition coefficient (Wildman–Crippen LogP) is 17.7. The zero-order valence-electron chi connectivity index (χ0n) is 86.9. The van der Waals surface area contributed by atoms with E-state index in [0.717, 1.165) is 189 Å². The summed E-state index contributed by atoms with van der Waals surface area (Å²) in [5, 5.41) is 32.9. The number of hydrogen-bond acceptors (Lipinski definition) is 24. The van der Waals surface area contributed by atoms with Crippen LogP contribution in [0.25, 0.3) is 21.8 Å². The first kappa shape index (κ1) is 120. The number of carbonyl (C=O) groups excluding carboxylic acids is 14. The number of aliphatic carboxylic acids is 1. The summed E-state index contributed by atoms with van der Waals surface area (Å²) >= 11 is 11.9. The Morgan fingerprint density at radius 2 is 0.733 bits per heavy atom. The highest BCUT2D eigenvalue weighted by atomic mass is 35.5. The Hall–Kier alpha value is -9.48. The number of hydrogen-bond donors (Lipinski definition) is 9. The highest BCUT2D eigenvalue weighted by molar-refractivity contribution is 6.31. The van der Waals surface area contributed by atoms with Crippen LogP contribution in [0.5, 0.6) is 0 Å². The summed E-state index contributed by atoms with van der Waals surface area (Å²) in [5.74, 6) is -4.96. The number of aromatic nitrogens is 2. The number of likely N-dealkylation sites (tertiary alicyclic amines) is 3. The molecule has 4 spiro atoms. The number of amides is 6. The highest BCUT2D eigenvalue weighted by Crippen LogP contribution is 2.51. The number of ether oxygens (including phenoxy) is 6. The Morgan fingerprint density at radius 3 is 1.08 bits per heavy atom. The normalized spacial score (nSPS) is 24.2. The predicted molar refractivity (Wildman–Crippen MR) is 554 cm³/mol. The van der Waals surface area contributed by atoms with Crippen molar-refractivity contribution in [2.24, 2.45) is 51.1 Å². The van der Waals surface area contributed by atoms with Crippen molar-refractivity contribution in [3.8, 4) is 0 Å². The molecule has 38 heteroatoms. The molecule has 4 saturated heterocycles. The lowest BCUT2D eigenvalue weighted by Gasteiger charge is -2.33. The van der Waals surface area contributed by atoms with E-state index >= 15 is 0 Å². The maximum Gasteiger partial charge on any atom is 0.411 e. The number of carbonyl (C=O) groups is 16. The fourth-order valence-corrected chi connectivity index (χ4v) is 24.3. The van der Waals surface area contributed by atoms with Crippen LogP contribution >= 0.6 is 48.0 Å². The van der Waals surface area contributed by atoms with Gasteiger partial charge in [-0.05, 0) is 254 Å². The van der Waals surface area contributed by atoms with Gasteiger partial charge < -0.3 is 80.5 Å². The molecule has 12 fully saturated rings. The second kappa shape index (κ2) is 54.8. The molecule has 8 aliphatic carbocycles. The van der Waals surface area contributed by atoms with E-state index in [1.54, 1.807) is 93.8 Å². The van der Waals surface area contributed by atoms with Gasteiger partial charge >= 0.3 is 48.0 Å². The summed E-state index contributed by atoms with van der Waals surface area (Å²) in [4.78, 5) is 208. The van der Waals surface area contributed by atoms with Crippen LogP contribution in [0.4, 0.5) is 9.59 Å². The van der Waals surface area contributed by atoms with Crippen LogP contribution in [0.1, 0.15) is 345 Å². The molecule has 10 N–H and O–H groups in total. The quantitative estimate of drug-likeness (QED) is 0.0276. The number of halogens is 4. The number of methoxy groups -OCH3 is 4. The maximum atomic E-state index is 13.8. The number of carboxylic acid groups (broad SMARTS) is 2. The smallest absolute Gasteiger partial charge is 0.411 e. The van der Waals surface area contributed by atoms with E-state index in [2.05, 4.69) is 36.0 Å². The number of rotatable bonds is 21. The molecular formula is C108H158Cl4N10O24. The number of benzene rings is 2. The number of aromatic amines is 2. The molecule has 12 atom stereocenters. The van der Waals surface area contributed by atoms with Crippen LogP contribution in [-0.2, 0) is 86.0 Å². The summed E-state index contributed by atoms with van der Waals surface area (Å²) in [7, 11) is 5.21. The first-order chi connectivity index (χ1) is 68.4. The highest BCUT2D eigenvalue weighted by Gasteiger charge is 2.55. The number of ketones is 4. The summed E-state index contributed by atoms with van der Waals surface area (Å²) < 4.78 is 30.3. The monoisotopic (exact) mass is 2120 g/mol. The summed E-state index contributed by atoms with van der Waals surface area (Å²) in [6.45, 7) is 13.2. The molecule has 16 rings (SSSR count). The van der Waals surface area contributed by atoms with E-state index in [0.29, 0.717) is 99.6 Å². The topological polar surface area (TPSA) is 484 Å². The summed E-state index contributed by atoms with van der Waals surface area (Å²) in [6, 6.07) is 8.39. The van der Waals surface area contributed by atoms with Crippen molar-refractivity contribution < 1.29 is 115 Å². The van der Waals surface area contributed by atoms with E-state index in [-0.39, 0.29) is 141 Å². The standard InChI is InChI=1S/C29H36ClN3O5.C25H40N2O6.C20H32N2O4.C15H25NO4.C10H17NO3.C9H6ClNO2.2ClH/c1-38-28(37)23(14-19-7-3-4-8-25(19)34)32-26(35)24-16-29(11-5-2-6-12-29)17-33(24)27(36)22-13-18-9-10-20(30)15-21(18)31-22;1-24(2,3)33-23(31)27-16-25(12-8-5-9-13-25)15-19(27)21(29)26-18(22(30)32-4)14-17-10-6-7-11-20(17)28;1-26-19(25)15(11-14-7-3-4-8-17(14)23)22-18(24)16-12-20(13-21-16)9-5-2-6-10-20;1-14(2,3)20-13(19)16-10-15(7-5-4-6-8-15)9-11(16)12(17)18;1-14-10(13)8(11)6-7-4-2-3-5-9(7)12;10-6-2-1-5-3-8(9(12)13)11-7(5)4-6;;/h9-10,13,15,19,23-24,31H,2-8,11-12,14,16-17H2,1H3,(H,32,35);17-19H,5-16H2,1-4H3,(H,26,29);14-16,21H,2-13H2,1H3,(H,22,24);11H,4-10H2,1-3H3,(H,17,18);7-8H,2-6,11H2,1H3;1-4,11H,(H,12,13);2*1H/t19-,23-,24?;17-,18-,19?;14-,15-,16?;;7-,8-;;;/m000.0.../s1. The molecule has 6 amide bonds. The fourth-order valence-electron chi connectivity index (χ4n) is 24.0. The summed E-state index contributed by atoms with van der Waals surface area (Å²) in [5.41, 5.74) is 6.47. The molecular weight excluding hydrogens is 1960 g/mol. The third kappa shape index (κ3) is 33.5. The molecule has 812 valence electrons. The van der Waals surface area contributed by atoms with Crippen LogP contribution < -0.4 is 27.0 Å². The van der Waals surface area contributed by atoms with E-state index in [1.165, 1.54) is 78.3 Å². The molecule has 2 aromatic heterocycles. The van der Waals surface area contributed by atoms with Gasteiger partial charge in [-0.1, -0.05) is 138 Å². The van der Waals surface area contributed by atoms with E-state index < -0.39 is 101 Å². The van der Waals surface area contributed by atoms with Crippen molar-refractivity contribution in [2.45, 2.75) is 384 Å². The Kier molecular flexibility index (Phi) is 45.1. The number of aromatic carboxylic acids is 1. The Bertz CT molecular complexity index is 5180. The van der Waals surface area contributed by atoms with Crippen molar-refractivity contribution in [2.75, 3.05) is 54.6 Å². The summed E-state index contributed by atoms with van der Waals surface area (Å²) in [6.07, 6.45) is 38.0. The van der Waals surface area contributed by atoms with Crippen molar-refractivity contribution in [3.05, 3.63) is 70.0 Å². The Labute approximate surface area is 879 Å². The van der Waals surface area contributed by atoms with E-state index in [1.807, 2.05) is 6.07 Å². The molecule has 0 radical (unpaired) electrons. The third-order valence-electron chi connectivity index (χ3n) is 31.6. The molecule has 4 aromatic rings. The lowest BCUT2D eigenvalue weighted by atomic mass is 9.72. The van der Waals surface area contributed by atoms with Crippen molar-refractivity contribution in [1.29, 1.82) is 0 Å². The van der Waals surface area contributed by atoms with Gasteiger partial charge in [0.25, 0.3) is 5.91 Å². The zero-order valence-corrected chi connectivity index (χ0v) is 90.0. The molecule has 8 saturated carbocycles. The maximum absolute atomic E-state index is 13.8. The minimum atomic E-state index is -0.965. The lowest BCUT2D eigenvalue weighted by molar-refractivity contribution is -0.147. The SMILES string of the molecule is CC(C)(C)OC(=O)N1CC2(CCCCC2)CC1C(=O)O.COC(=O)[C@@H](N)C[C@@H]1CCCCC1=O.COC(=O)[C@H](C[C@@H]1CCCCC1=O)NC(=O)C1CC2(CCCCC2)CN1.COC(=O)[C@H](C[C@@H]1CCCCC1=O)NC(=O)C1CC2(CCCCC2)CN1C(=O)OC(C)(C)C.COC(=O)[C@H](C[C@@H]1CCCCC1=O)NC(=O)C1CC2(CCCCC2)CN1C(=O)c1cc2ccc(Cl)cc2[nH]1.Cl.Cl.O=C(O)c1cc2ccc(Cl)cc2[nH]1. The van der Waals surface area contributed by atoms with Crippen LogP contribution in [0.3, 0.4) is 0 Å². The average molecular weight is 2120 g/mol. The molecule has 0 bridgehead atoms. The molecule has 4 aliphatic heterocycles. The molecule has 6 heterocycles. The second-order valence-corrected chi connectivity index (χ2v) is 45.5. The molecule has 34 nitrogen and oxygen atoms in total. The first-order valence-corrected chi connectivity index (χ1v) is 53.3. The van der Waals surface area contributed by atoms with Gasteiger partial charge in [0.1, 0.15) is 88.0 Å². The van der Waals surface area contributed by atoms with Crippen molar-refractivity contribution in [3.63, 3.8) is 0 Å². The number of esters is 4. The molecule has 146 heavy (non-hydrogen) atoms. The van der Waals surface area contributed by atoms with Crippen LogP contribution in [0.2, 0.25) is 10.0 Å². The van der Waals surface area contributed by atoms with E-state index in [9.17, 15) is 81.8 Å². The van der Waals surface area contributed by atoms with E-state index in [4.69, 9.17) is 57.7 Å². The number of H-pyrrole nitrogens is 2. The molecule has 12 aliphatic rings. The van der Waals surface area contributed by atoms with Crippen LogP contribution in [0, 0.1) is 45.3 Å². The van der Waals surface area contributed by atoms with Gasteiger partial charge in [-0.3, -0.25) is 53.0 Å². The fraction of sp³-hybridized carbons (Fsp3) is 0.704. The number of nitrogens with zero attached hydrogens (tertiary/aromatic N) is 3. The number of carboxylic acids is 2. The minimum absolute atomic E-state index is 0. The second-order valence-electron chi connectivity index (χ2n) is 44.6. The number of nitrogens with one attached hydrogen (secondary N) is 6. The Balaban J connectivity index is 0.000000202. The van der Waals surface area contributed by atoms with Gasteiger partial charge in [0.05, 0.1) is 34.5 Å². The van der Waals surface area contributed by atoms with Gasteiger partial charge in [0.15, 0.2) is 0 Å². The third-order valence-corrected chi connectivity index (χ3v) is 32.1. The van der Waals surface area contributed by atoms with Crippen LogP contribution in [0.15, 0.2) is 48.5 Å². The van der Waals surface area contributed by atoms with Gasteiger partial charge in [0, 0.05) is 107 Å². The average Bonchev–Trinajstić information content (AvgIpc) is 1.66.